The monoisotopic (exact) mass is 305 g/mol. The Kier molecular flexibility index (Phi) is 5.65. The maximum absolute atomic E-state index is 10.1. The Bertz CT molecular complexity index is 696. The summed E-state index contributed by atoms with van der Waals surface area (Å²) in [6.45, 7) is 0. The van der Waals surface area contributed by atoms with Gasteiger partial charge in [0, 0.05) is 17.8 Å². The highest BCUT2D eigenvalue weighted by Crippen LogP contribution is 2.26. The van der Waals surface area contributed by atoms with E-state index in [1.807, 2.05) is 0 Å². The molecule has 0 fully saturated rings. The van der Waals surface area contributed by atoms with E-state index >= 15 is 0 Å². The Balaban J connectivity index is 0.000000235. The van der Waals surface area contributed by atoms with E-state index in [0.29, 0.717) is 11.3 Å². The second-order valence-corrected chi connectivity index (χ2v) is 4.17. The third-order valence-electron chi connectivity index (χ3n) is 2.42. The lowest BCUT2D eigenvalue weighted by Crippen LogP contribution is -1.85. The van der Waals surface area contributed by atoms with E-state index in [0.717, 1.165) is 6.08 Å². The first-order valence-electron chi connectivity index (χ1n) is 6.00. The number of anilines is 1. The van der Waals surface area contributed by atoms with Crippen LogP contribution in [0.15, 0.2) is 42.5 Å². The number of carbonyl (C=O) groups is 1. The summed E-state index contributed by atoms with van der Waals surface area (Å²) in [7, 11) is 0. The van der Waals surface area contributed by atoms with Gasteiger partial charge in [0.15, 0.2) is 23.0 Å². The van der Waals surface area contributed by atoms with Gasteiger partial charge < -0.3 is 31.3 Å². The zero-order valence-electron chi connectivity index (χ0n) is 11.3. The minimum absolute atomic E-state index is 0.149. The Morgan fingerprint density at radius 2 is 1.41 bits per heavy atom. The van der Waals surface area contributed by atoms with Gasteiger partial charge in [-0.1, -0.05) is 6.07 Å². The maximum Gasteiger partial charge on any atom is 0.328 e. The zero-order chi connectivity index (χ0) is 16.7. The van der Waals surface area contributed by atoms with Crippen LogP contribution in [0.2, 0.25) is 0 Å². The number of hydrogen-bond donors (Lipinski definition) is 6. The molecule has 116 valence electrons. The lowest BCUT2D eigenvalue weighted by atomic mass is 10.2. The summed E-state index contributed by atoms with van der Waals surface area (Å²) in [5, 5.41) is 43.8. The lowest BCUT2D eigenvalue weighted by Gasteiger charge is -1.97. The normalized spacial score (nSPS) is 10.0. The summed E-state index contributed by atoms with van der Waals surface area (Å²) in [5.41, 5.74) is 6.20. The highest BCUT2D eigenvalue weighted by Gasteiger charge is 1.98. The van der Waals surface area contributed by atoms with Crippen LogP contribution in [0.4, 0.5) is 5.69 Å². The van der Waals surface area contributed by atoms with E-state index in [2.05, 4.69) is 0 Å². The van der Waals surface area contributed by atoms with Gasteiger partial charge in [0.25, 0.3) is 0 Å². The van der Waals surface area contributed by atoms with Gasteiger partial charge in [0.05, 0.1) is 0 Å². The summed E-state index contributed by atoms with van der Waals surface area (Å²) >= 11 is 0. The molecular weight excluding hydrogens is 290 g/mol. The smallest absolute Gasteiger partial charge is 0.328 e. The van der Waals surface area contributed by atoms with Crippen molar-refractivity contribution in [3.05, 3.63) is 48.0 Å². The van der Waals surface area contributed by atoms with E-state index in [4.69, 9.17) is 31.3 Å². The molecule has 0 unspecified atom stereocenters. The quantitative estimate of drug-likeness (QED) is 0.215. The number of hydrogen-bond acceptors (Lipinski definition) is 6. The molecule has 2 aromatic carbocycles. The van der Waals surface area contributed by atoms with Crippen LogP contribution in [0.5, 0.6) is 23.0 Å². The molecule has 7 heteroatoms. The molecule has 0 saturated carbocycles. The van der Waals surface area contributed by atoms with E-state index in [1.54, 1.807) is 0 Å². The van der Waals surface area contributed by atoms with Crippen LogP contribution in [0.3, 0.4) is 0 Å². The van der Waals surface area contributed by atoms with Crippen LogP contribution in [0.25, 0.3) is 6.08 Å². The molecule has 7 N–H and O–H groups in total. The average Bonchev–Trinajstić information content (AvgIpc) is 2.45. The van der Waals surface area contributed by atoms with Crippen LogP contribution >= 0.6 is 0 Å². The number of carboxylic acid groups (broad SMARTS) is 1. The lowest BCUT2D eigenvalue weighted by molar-refractivity contribution is -0.131. The first-order chi connectivity index (χ1) is 10.3. The van der Waals surface area contributed by atoms with E-state index in [1.165, 1.54) is 42.5 Å². The van der Waals surface area contributed by atoms with Crippen molar-refractivity contribution in [2.75, 3.05) is 5.73 Å². The summed E-state index contributed by atoms with van der Waals surface area (Å²) in [5.74, 6) is -1.90. The van der Waals surface area contributed by atoms with E-state index < -0.39 is 5.97 Å². The molecule has 0 heterocycles. The second kappa shape index (κ2) is 7.44. The van der Waals surface area contributed by atoms with Crippen LogP contribution in [0.1, 0.15) is 5.56 Å². The van der Waals surface area contributed by atoms with Crippen molar-refractivity contribution >= 4 is 17.7 Å². The number of phenolic OH excluding ortho intramolecular Hbond substituents is 4. The van der Waals surface area contributed by atoms with Crippen molar-refractivity contribution in [1.82, 2.24) is 0 Å². The molecule has 0 aromatic heterocycles. The van der Waals surface area contributed by atoms with E-state index in [-0.39, 0.29) is 23.0 Å². The molecule has 2 aromatic rings. The summed E-state index contributed by atoms with van der Waals surface area (Å²) in [6.07, 6.45) is 2.27. The number of aromatic hydroxyl groups is 4. The predicted molar refractivity (Wildman–Crippen MR) is 80.6 cm³/mol. The van der Waals surface area contributed by atoms with Crippen molar-refractivity contribution in [2.24, 2.45) is 0 Å². The molecule has 22 heavy (non-hydrogen) atoms. The minimum Gasteiger partial charge on any atom is -0.504 e. The average molecular weight is 305 g/mol. The summed E-state index contributed by atoms with van der Waals surface area (Å²) in [4.78, 5) is 10.1. The fourth-order valence-corrected chi connectivity index (χ4v) is 1.35. The molecular formula is C15H15NO6. The van der Waals surface area contributed by atoms with Gasteiger partial charge in [0.1, 0.15) is 0 Å². The van der Waals surface area contributed by atoms with Crippen LogP contribution in [0, 0.1) is 0 Å². The molecule has 7 nitrogen and oxygen atoms in total. The van der Waals surface area contributed by atoms with Gasteiger partial charge in [0.2, 0.25) is 0 Å². The largest absolute Gasteiger partial charge is 0.504 e. The minimum atomic E-state index is -1.06. The van der Waals surface area contributed by atoms with Gasteiger partial charge in [-0.2, -0.15) is 0 Å². The van der Waals surface area contributed by atoms with Crippen molar-refractivity contribution in [3.63, 3.8) is 0 Å². The van der Waals surface area contributed by atoms with Crippen molar-refractivity contribution in [1.29, 1.82) is 0 Å². The van der Waals surface area contributed by atoms with Crippen LogP contribution in [-0.2, 0) is 4.79 Å². The zero-order valence-corrected chi connectivity index (χ0v) is 11.3. The molecule has 0 aliphatic carbocycles. The first kappa shape index (κ1) is 16.7. The highest BCUT2D eigenvalue weighted by atomic mass is 16.4. The molecule has 0 aliphatic heterocycles. The number of carboxylic acids is 1. The molecule has 0 saturated heterocycles. The standard InChI is InChI=1S/C9H8O4.C6H7NO2/c10-7-3-1-6(5-8(7)11)2-4-9(12)13;7-4-1-2-5(8)6(9)3-4/h1-5,10-11H,(H,12,13);1-3,8-9H,7H2. The number of rotatable bonds is 2. The fraction of sp³-hybridized carbons (Fsp3) is 0. The third-order valence-corrected chi connectivity index (χ3v) is 2.42. The SMILES string of the molecule is Nc1ccc(O)c(O)c1.O=C(O)C=Cc1ccc(O)c(O)c1. The molecule has 0 spiro atoms. The molecule has 0 amide bonds. The number of nitrogens with two attached hydrogens (primary N) is 1. The highest BCUT2D eigenvalue weighted by molar-refractivity contribution is 5.85. The fourth-order valence-electron chi connectivity index (χ4n) is 1.35. The molecule has 0 radical (unpaired) electrons. The first-order valence-corrected chi connectivity index (χ1v) is 6.00. The Labute approximate surface area is 125 Å². The van der Waals surface area contributed by atoms with Crippen LogP contribution < -0.4 is 5.73 Å². The Hall–Kier alpha value is -3.35. The number of aliphatic carboxylic acids is 1. The predicted octanol–water partition coefficient (Wildman–Crippen LogP) is 1.88. The topological polar surface area (TPSA) is 144 Å². The number of benzene rings is 2. The summed E-state index contributed by atoms with van der Waals surface area (Å²) < 4.78 is 0. The number of phenols is 4. The van der Waals surface area contributed by atoms with Crippen molar-refractivity contribution in [3.8, 4) is 23.0 Å². The van der Waals surface area contributed by atoms with E-state index in [9.17, 15) is 4.79 Å². The maximum atomic E-state index is 10.1. The van der Waals surface area contributed by atoms with Gasteiger partial charge in [-0.25, -0.2) is 4.79 Å². The Morgan fingerprint density at radius 3 is 1.86 bits per heavy atom. The third kappa shape index (κ3) is 5.33. The molecule has 2 rings (SSSR count). The van der Waals surface area contributed by atoms with Crippen molar-refractivity contribution in [2.45, 2.75) is 0 Å². The summed E-state index contributed by atoms with van der Waals surface area (Å²) in [6, 6.07) is 8.19. The van der Waals surface area contributed by atoms with Gasteiger partial charge in [-0.15, -0.1) is 0 Å². The number of nitrogen functional groups attached to an aromatic ring is 1. The van der Waals surface area contributed by atoms with Crippen molar-refractivity contribution < 1.29 is 30.3 Å². The van der Waals surface area contributed by atoms with Crippen LogP contribution in [-0.4, -0.2) is 31.5 Å². The molecule has 0 bridgehead atoms. The second-order valence-electron chi connectivity index (χ2n) is 4.17. The van der Waals surface area contributed by atoms with Gasteiger partial charge in [-0.05, 0) is 35.9 Å². The molecule has 0 atom stereocenters. The van der Waals surface area contributed by atoms with Gasteiger partial charge in [-0.3, -0.25) is 0 Å². The molecule has 0 aliphatic rings. The van der Waals surface area contributed by atoms with Gasteiger partial charge >= 0.3 is 5.97 Å². The Morgan fingerprint density at radius 1 is 0.864 bits per heavy atom.